The van der Waals surface area contributed by atoms with Gasteiger partial charge in [0.1, 0.15) is 11.3 Å². The molecule has 4 rings (SSSR count). The standard InChI is InChI=1S/C28H26ClF3N4O2/c1-15-8-7-11-21(16(15)2)34-25(38)19-12-17(13-22-23(19)36-26(35-22)27(3,4)14-29)33-24(37)18-9-5-6-10-20(18)28(30,31)32/h5-13H,14H2,1-4H3,(H,33,37)(H,34,38)(H,35,36). The molecule has 0 saturated carbocycles. The molecule has 0 spiro atoms. The third-order valence-electron chi connectivity index (χ3n) is 6.39. The van der Waals surface area contributed by atoms with Crippen LogP contribution in [0.4, 0.5) is 24.5 Å². The summed E-state index contributed by atoms with van der Waals surface area (Å²) in [5.41, 5.74) is 1.36. The number of carbonyl (C=O) groups excluding carboxylic acids is 2. The second-order valence-electron chi connectivity index (χ2n) is 9.72. The maximum absolute atomic E-state index is 13.5. The Morgan fingerprint density at radius 3 is 2.32 bits per heavy atom. The third kappa shape index (κ3) is 5.38. The van der Waals surface area contributed by atoms with Crippen molar-refractivity contribution in [3.8, 4) is 0 Å². The highest BCUT2D eigenvalue weighted by Crippen LogP contribution is 2.33. The summed E-state index contributed by atoms with van der Waals surface area (Å²) in [6, 6.07) is 12.9. The van der Waals surface area contributed by atoms with Crippen molar-refractivity contribution in [1.29, 1.82) is 0 Å². The van der Waals surface area contributed by atoms with Crippen LogP contribution in [0.1, 0.15) is 57.1 Å². The first kappa shape index (κ1) is 27.2. The van der Waals surface area contributed by atoms with Crippen LogP contribution in [0.3, 0.4) is 0 Å². The Hall–Kier alpha value is -3.85. The minimum absolute atomic E-state index is 0.129. The number of amides is 2. The molecular formula is C28H26ClF3N4O2. The van der Waals surface area contributed by atoms with Crippen molar-refractivity contribution in [3.63, 3.8) is 0 Å². The number of aryl methyl sites for hydroxylation is 1. The van der Waals surface area contributed by atoms with Crippen molar-refractivity contribution in [2.24, 2.45) is 0 Å². The van der Waals surface area contributed by atoms with Gasteiger partial charge in [0.25, 0.3) is 11.8 Å². The van der Waals surface area contributed by atoms with Crippen molar-refractivity contribution in [3.05, 3.63) is 88.2 Å². The fourth-order valence-corrected chi connectivity index (χ4v) is 4.08. The van der Waals surface area contributed by atoms with E-state index in [2.05, 4.69) is 20.6 Å². The van der Waals surface area contributed by atoms with Crippen molar-refractivity contribution in [1.82, 2.24) is 9.97 Å². The summed E-state index contributed by atoms with van der Waals surface area (Å²) in [6.07, 6.45) is -4.71. The van der Waals surface area contributed by atoms with E-state index in [1.54, 1.807) is 6.07 Å². The van der Waals surface area contributed by atoms with Crippen molar-refractivity contribution in [2.45, 2.75) is 39.3 Å². The third-order valence-corrected chi connectivity index (χ3v) is 7.06. The van der Waals surface area contributed by atoms with Crippen LogP contribution in [0.15, 0.2) is 54.6 Å². The fourth-order valence-electron chi connectivity index (χ4n) is 3.95. The molecule has 3 N–H and O–H groups in total. The summed E-state index contributed by atoms with van der Waals surface area (Å²) in [5, 5.41) is 5.39. The summed E-state index contributed by atoms with van der Waals surface area (Å²) >= 11 is 6.13. The average Bonchev–Trinajstić information content (AvgIpc) is 3.31. The second-order valence-corrected chi connectivity index (χ2v) is 9.99. The SMILES string of the molecule is Cc1cccc(NC(=O)c2cc(NC(=O)c3ccccc3C(F)(F)F)cc3[nH]c(C(C)(C)CCl)nc23)c1C. The van der Waals surface area contributed by atoms with Gasteiger partial charge in [-0.05, 0) is 55.3 Å². The normalized spacial score (nSPS) is 12.0. The zero-order chi connectivity index (χ0) is 27.8. The molecule has 3 aromatic carbocycles. The van der Waals surface area contributed by atoms with Gasteiger partial charge in [0.2, 0.25) is 0 Å². The number of H-pyrrole nitrogens is 1. The van der Waals surface area contributed by atoms with Gasteiger partial charge in [0, 0.05) is 22.7 Å². The monoisotopic (exact) mass is 542 g/mol. The number of fused-ring (bicyclic) bond motifs is 1. The van der Waals surface area contributed by atoms with E-state index in [9.17, 15) is 22.8 Å². The van der Waals surface area contributed by atoms with Crippen LogP contribution >= 0.6 is 11.6 Å². The van der Waals surface area contributed by atoms with Crippen LogP contribution in [0, 0.1) is 13.8 Å². The quantitative estimate of drug-likeness (QED) is 0.225. The van der Waals surface area contributed by atoms with E-state index in [-0.39, 0.29) is 17.1 Å². The summed E-state index contributed by atoms with van der Waals surface area (Å²) in [7, 11) is 0. The number of nitrogens with one attached hydrogen (secondary N) is 3. The highest BCUT2D eigenvalue weighted by molar-refractivity contribution is 6.18. The van der Waals surface area contributed by atoms with Gasteiger partial charge in [-0.2, -0.15) is 13.2 Å². The lowest BCUT2D eigenvalue weighted by Crippen LogP contribution is -2.20. The summed E-state index contributed by atoms with van der Waals surface area (Å²) < 4.78 is 40.5. The first-order valence-electron chi connectivity index (χ1n) is 11.8. The second kappa shape index (κ2) is 10.1. The molecule has 1 heterocycles. The first-order chi connectivity index (χ1) is 17.8. The molecule has 0 aliphatic heterocycles. The smallest absolute Gasteiger partial charge is 0.341 e. The van der Waals surface area contributed by atoms with Crippen LogP contribution in [-0.2, 0) is 11.6 Å². The maximum Gasteiger partial charge on any atom is 0.417 e. The molecule has 6 nitrogen and oxygen atoms in total. The molecule has 0 saturated heterocycles. The van der Waals surface area contributed by atoms with E-state index in [0.29, 0.717) is 22.5 Å². The molecule has 2 amide bonds. The number of nitrogens with zero attached hydrogens (tertiary/aromatic N) is 1. The minimum Gasteiger partial charge on any atom is -0.341 e. The Bertz CT molecular complexity index is 1540. The van der Waals surface area contributed by atoms with Crippen LogP contribution in [0.5, 0.6) is 0 Å². The van der Waals surface area contributed by atoms with Crippen LogP contribution < -0.4 is 10.6 Å². The van der Waals surface area contributed by atoms with Crippen LogP contribution in [-0.4, -0.2) is 27.7 Å². The number of carbonyl (C=O) groups is 2. The Morgan fingerprint density at radius 2 is 1.63 bits per heavy atom. The lowest BCUT2D eigenvalue weighted by atomic mass is 9.96. The number of anilines is 2. The van der Waals surface area contributed by atoms with E-state index in [1.165, 1.54) is 24.3 Å². The molecule has 0 bridgehead atoms. The minimum atomic E-state index is -4.71. The number of aromatic nitrogens is 2. The number of hydrogen-bond donors (Lipinski definition) is 3. The van der Waals surface area contributed by atoms with Crippen molar-refractivity contribution >= 4 is 45.8 Å². The van der Waals surface area contributed by atoms with E-state index >= 15 is 0 Å². The average molecular weight is 543 g/mol. The zero-order valence-corrected chi connectivity index (χ0v) is 21.9. The topological polar surface area (TPSA) is 86.9 Å². The molecule has 0 fully saturated rings. The molecule has 0 aliphatic rings. The Labute approximate surface area is 222 Å². The Kier molecular flexibility index (Phi) is 7.25. The molecule has 38 heavy (non-hydrogen) atoms. The van der Waals surface area contributed by atoms with E-state index in [0.717, 1.165) is 23.3 Å². The largest absolute Gasteiger partial charge is 0.417 e. The van der Waals surface area contributed by atoms with Gasteiger partial charge < -0.3 is 15.6 Å². The predicted molar refractivity (Wildman–Crippen MR) is 143 cm³/mol. The number of rotatable bonds is 6. The number of imidazole rings is 1. The molecule has 1 aromatic heterocycles. The van der Waals surface area contributed by atoms with Crippen molar-refractivity contribution < 1.29 is 22.8 Å². The van der Waals surface area contributed by atoms with Gasteiger partial charge >= 0.3 is 6.18 Å². The predicted octanol–water partition coefficient (Wildman–Crippen LogP) is 7.22. The van der Waals surface area contributed by atoms with Gasteiger partial charge in [-0.1, -0.05) is 38.1 Å². The lowest BCUT2D eigenvalue weighted by Gasteiger charge is -2.17. The molecule has 4 aromatic rings. The van der Waals surface area contributed by atoms with Gasteiger partial charge in [0.15, 0.2) is 0 Å². The van der Waals surface area contributed by atoms with Crippen LogP contribution in [0.2, 0.25) is 0 Å². The summed E-state index contributed by atoms with van der Waals surface area (Å²) in [5.74, 6) is -0.681. The van der Waals surface area contributed by atoms with Gasteiger partial charge in [0.05, 0.1) is 22.2 Å². The van der Waals surface area contributed by atoms with E-state index in [4.69, 9.17) is 11.6 Å². The molecule has 10 heteroatoms. The van der Waals surface area contributed by atoms with Gasteiger partial charge in [-0.25, -0.2) is 4.98 Å². The molecule has 0 unspecified atom stereocenters. The number of aromatic amines is 1. The number of benzene rings is 3. The number of halogens is 4. The van der Waals surface area contributed by atoms with Gasteiger partial charge in [-0.15, -0.1) is 11.6 Å². The van der Waals surface area contributed by atoms with E-state index < -0.39 is 34.5 Å². The summed E-state index contributed by atoms with van der Waals surface area (Å²) in [4.78, 5) is 34.2. The molecule has 0 atom stereocenters. The molecule has 198 valence electrons. The fraction of sp³-hybridized carbons (Fsp3) is 0.250. The van der Waals surface area contributed by atoms with E-state index in [1.807, 2.05) is 39.8 Å². The zero-order valence-electron chi connectivity index (χ0n) is 21.2. The van der Waals surface area contributed by atoms with Crippen molar-refractivity contribution in [2.75, 3.05) is 16.5 Å². The molecular weight excluding hydrogens is 517 g/mol. The lowest BCUT2D eigenvalue weighted by molar-refractivity contribution is -0.137. The first-order valence-corrected chi connectivity index (χ1v) is 12.3. The number of alkyl halides is 4. The maximum atomic E-state index is 13.5. The van der Waals surface area contributed by atoms with Crippen LogP contribution in [0.25, 0.3) is 11.0 Å². The summed E-state index contributed by atoms with van der Waals surface area (Å²) in [6.45, 7) is 7.56. The highest BCUT2D eigenvalue weighted by atomic mass is 35.5. The number of hydrogen-bond acceptors (Lipinski definition) is 3. The van der Waals surface area contributed by atoms with Gasteiger partial charge in [-0.3, -0.25) is 9.59 Å². The highest BCUT2D eigenvalue weighted by Gasteiger charge is 2.35. The Morgan fingerprint density at radius 1 is 0.947 bits per heavy atom. The Balaban J connectivity index is 1.79. The molecule has 0 aliphatic carbocycles. The molecule has 0 radical (unpaired) electrons.